The van der Waals surface area contributed by atoms with Crippen LogP contribution in [0, 0.1) is 17.0 Å². The summed E-state index contributed by atoms with van der Waals surface area (Å²) < 4.78 is 47.4. The molecule has 1 rings (SSSR count). The molecule has 0 aliphatic carbocycles. The lowest BCUT2D eigenvalue weighted by Crippen LogP contribution is -2.06. The van der Waals surface area contributed by atoms with E-state index in [1.807, 2.05) is 0 Å². The fourth-order valence-corrected chi connectivity index (χ4v) is 2.67. The van der Waals surface area contributed by atoms with E-state index in [2.05, 4.69) is 4.98 Å². The number of aromatic nitrogens is 1. The van der Waals surface area contributed by atoms with Gasteiger partial charge in [0.2, 0.25) is 0 Å². The monoisotopic (exact) mass is 286 g/mol. The normalized spacial score (nSPS) is 11.8. The van der Waals surface area contributed by atoms with Crippen molar-refractivity contribution in [3.63, 3.8) is 0 Å². The molecule has 94 valence electrons. The van der Waals surface area contributed by atoms with E-state index in [-0.39, 0.29) is 0 Å². The Labute approximate surface area is 98.8 Å². The van der Waals surface area contributed by atoms with Gasteiger partial charge < -0.3 is 10.1 Å². The van der Waals surface area contributed by atoms with Crippen LogP contribution in [0.5, 0.6) is 0 Å². The summed E-state index contributed by atoms with van der Waals surface area (Å²) in [6, 6.07) is 0.396. The van der Waals surface area contributed by atoms with E-state index in [0.29, 0.717) is 6.07 Å². The van der Waals surface area contributed by atoms with Gasteiger partial charge in [-0.25, -0.2) is 17.2 Å². The molecule has 0 aliphatic heterocycles. The molecule has 0 saturated heterocycles. The molecular formula is C7H5ClF2N2O4S. The molecule has 0 amide bonds. The second kappa shape index (κ2) is 4.49. The van der Waals surface area contributed by atoms with Gasteiger partial charge >= 0.3 is 5.82 Å². The van der Waals surface area contributed by atoms with E-state index in [1.54, 1.807) is 0 Å². The Hall–Kier alpha value is -1.35. The Morgan fingerprint density at radius 1 is 1.53 bits per heavy atom. The molecule has 1 aromatic heterocycles. The molecule has 6 nitrogen and oxygen atoms in total. The molecule has 0 radical (unpaired) electrons. The summed E-state index contributed by atoms with van der Waals surface area (Å²) >= 11 is 0. The molecule has 0 spiro atoms. The highest BCUT2D eigenvalue weighted by molar-refractivity contribution is 8.13. The Bertz CT molecular complexity index is 575. The summed E-state index contributed by atoms with van der Waals surface area (Å²) in [5.74, 6) is -0.859. The second-order valence-corrected chi connectivity index (χ2v) is 5.48. The predicted molar refractivity (Wildman–Crippen MR) is 53.6 cm³/mol. The lowest BCUT2D eigenvalue weighted by atomic mass is 10.2. The number of nitro groups is 1. The van der Waals surface area contributed by atoms with E-state index in [0.717, 1.165) is 6.92 Å². The molecule has 0 aromatic carbocycles. The van der Waals surface area contributed by atoms with Crippen molar-refractivity contribution in [2.45, 2.75) is 18.2 Å². The summed E-state index contributed by atoms with van der Waals surface area (Å²) in [6.45, 7) is 1.05. The highest BCUT2D eigenvalue weighted by Crippen LogP contribution is 2.32. The second-order valence-electron chi connectivity index (χ2n) is 2.98. The number of nitrogens with zero attached hydrogens (tertiary/aromatic N) is 2. The van der Waals surface area contributed by atoms with E-state index >= 15 is 0 Å². The van der Waals surface area contributed by atoms with Gasteiger partial charge in [-0.05, 0) is 9.91 Å². The van der Waals surface area contributed by atoms with Crippen LogP contribution in [0.3, 0.4) is 0 Å². The summed E-state index contributed by atoms with van der Waals surface area (Å²) in [6.07, 6.45) is -3.21. The fraction of sp³-hybridized carbons (Fsp3) is 0.286. The van der Waals surface area contributed by atoms with Gasteiger partial charge in [-0.3, -0.25) is 0 Å². The van der Waals surface area contributed by atoms with Gasteiger partial charge in [0.25, 0.3) is 15.5 Å². The Morgan fingerprint density at radius 2 is 2.06 bits per heavy atom. The van der Waals surface area contributed by atoms with Crippen LogP contribution in [-0.2, 0) is 9.05 Å². The third-order valence-corrected chi connectivity index (χ3v) is 3.31. The molecule has 0 atom stereocenters. The first-order valence-electron chi connectivity index (χ1n) is 4.03. The minimum atomic E-state index is -4.44. The number of halogens is 3. The summed E-state index contributed by atoms with van der Waals surface area (Å²) in [7, 11) is 0.530. The Balaban J connectivity index is 3.67. The molecule has 17 heavy (non-hydrogen) atoms. The maximum Gasteiger partial charge on any atom is 0.364 e. The Kier molecular flexibility index (Phi) is 3.62. The molecular weight excluding hydrogens is 282 g/mol. The number of hydrogen-bond acceptors (Lipinski definition) is 5. The van der Waals surface area contributed by atoms with Gasteiger partial charge in [0.1, 0.15) is 4.90 Å². The van der Waals surface area contributed by atoms with Crippen molar-refractivity contribution in [1.82, 2.24) is 4.98 Å². The van der Waals surface area contributed by atoms with Crippen LogP contribution in [0.1, 0.15) is 17.7 Å². The lowest BCUT2D eigenvalue weighted by molar-refractivity contribution is -0.389. The average molecular weight is 287 g/mol. The van der Waals surface area contributed by atoms with Crippen LogP contribution in [0.15, 0.2) is 11.0 Å². The topological polar surface area (TPSA) is 90.2 Å². The summed E-state index contributed by atoms with van der Waals surface area (Å²) in [4.78, 5) is 11.8. The zero-order valence-corrected chi connectivity index (χ0v) is 9.80. The third kappa shape index (κ3) is 2.86. The number of pyridine rings is 1. The minimum absolute atomic E-state index is 0.396. The van der Waals surface area contributed by atoms with Crippen LogP contribution in [-0.4, -0.2) is 18.3 Å². The number of hydrogen-bond donors (Lipinski definition) is 0. The van der Waals surface area contributed by atoms with Gasteiger partial charge in [0, 0.05) is 23.7 Å². The molecule has 0 saturated carbocycles. The standard InChI is InChI=1S/C7H5ClF2N2O4S/c1-3-6(17(8,15)16)4(7(9)10)2-5(11-3)12(13)14/h2,7H,1H3. The smallest absolute Gasteiger partial charge is 0.358 e. The van der Waals surface area contributed by atoms with Crippen LogP contribution < -0.4 is 0 Å². The SMILES string of the molecule is Cc1nc([N+](=O)[O-])cc(C(F)F)c1S(=O)(=O)Cl. The number of rotatable bonds is 3. The summed E-state index contributed by atoms with van der Waals surface area (Å²) in [5.41, 5.74) is -1.47. The zero-order valence-electron chi connectivity index (χ0n) is 8.22. The largest absolute Gasteiger partial charge is 0.364 e. The number of alkyl halides is 2. The van der Waals surface area contributed by atoms with Crippen molar-refractivity contribution in [2.24, 2.45) is 0 Å². The van der Waals surface area contributed by atoms with Crippen LogP contribution in [0.25, 0.3) is 0 Å². The van der Waals surface area contributed by atoms with E-state index in [9.17, 15) is 27.3 Å². The number of aryl methyl sites for hydroxylation is 1. The maximum absolute atomic E-state index is 12.6. The molecule has 0 aliphatic rings. The van der Waals surface area contributed by atoms with E-state index in [4.69, 9.17) is 10.7 Å². The van der Waals surface area contributed by atoms with Crippen molar-refractivity contribution >= 4 is 25.6 Å². The Morgan fingerprint density at radius 3 is 2.41 bits per heavy atom. The maximum atomic E-state index is 12.6. The zero-order chi connectivity index (χ0) is 13.4. The quantitative estimate of drug-likeness (QED) is 0.482. The van der Waals surface area contributed by atoms with Gasteiger partial charge in [-0.2, -0.15) is 0 Å². The van der Waals surface area contributed by atoms with Crippen LogP contribution in [0.2, 0.25) is 0 Å². The molecule has 0 unspecified atom stereocenters. The molecule has 1 aromatic rings. The van der Waals surface area contributed by atoms with Crippen molar-refractivity contribution in [2.75, 3.05) is 0 Å². The first-order chi connectivity index (χ1) is 7.64. The van der Waals surface area contributed by atoms with Gasteiger partial charge in [0.05, 0.1) is 5.56 Å². The molecule has 1 heterocycles. The van der Waals surface area contributed by atoms with Gasteiger partial charge in [-0.1, -0.05) is 0 Å². The molecule has 0 fully saturated rings. The first-order valence-corrected chi connectivity index (χ1v) is 6.34. The van der Waals surface area contributed by atoms with Crippen molar-refractivity contribution < 1.29 is 22.1 Å². The van der Waals surface area contributed by atoms with Gasteiger partial charge in [-0.15, -0.1) is 0 Å². The van der Waals surface area contributed by atoms with Crippen molar-refractivity contribution in [1.29, 1.82) is 0 Å². The first kappa shape index (κ1) is 13.7. The average Bonchev–Trinajstić information content (AvgIpc) is 2.13. The van der Waals surface area contributed by atoms with Crippen LogP contribution >= 0.6 is 10.7 Å². The van der Waals surface area contributed by atoms with Crippen LogP contribution in [0.4, 0.5) is 14.6 Å². The fourth-order valence-electron chi connectivity index (χ4n) is 1.24. The highest BCUT2D eigenvalue weighted by atomic mass is 35.7. The predicted octanol–water partition coefficient (Wildman–Crippen LogP) is 2.16. The molecule has 10 heteroatoms. The lowest BCUT2D eigenvalue weighted by Gasteiger charge is -2.06. The highest BCUT2D eigenvalue weighted by Gasteiger charge is 2.30. The summed E-state index contributed by atoms with van der Waals surface area (Å²) in [5, 5.41) is 10.4. The third-order valence-electron chi connectivity index (χ3n) is 1.82. The molecule has 0 N–H and O–H groups in total. The van der Waals surface area contributed by atoms with Gasteiger partial charge in [0.15, 0.2) is 5.69 Å². The van der Waals surface area contributed by atoms with E-state index < -0.39 is 42.4 Å². The minimum Gasteiger partial charge on any atom is -0.358 e. The van der Waals surface area contributed by atoms with Crippen molar-refractivity contribution in [3.05, 3.63) is 27.4 Å². The van der Waals surface area contributed by atoms with E-state index in [1.165, 1.54) is 0 Å². The molecule has 0 bridgehead atoms. The van der Waals surface area contributed by atoms with Crippen molar-refractivity contribution in [3.8, 4) is 0 Å².